The lowest BCUT2D eigenvalue weighted by atomic mass is 10.1. The van der Waals surface area contributed by atoms with Crippen LogP contribution < -0.4 is 9.64 Å². The van der Waals surface area contributed by atoms with Gasteiger partial charge in [-0.25, -0.2) is 4.79 Å². The standard InChI is InChI=1S/C12H16O3S.C11H15N3O2.C2H2/c1-8-7-9(16-4)5-6-10(8)15-12(2,3)11(13)14;1-12-6-8-13(9-7-12)10-2-4-11(5-3-10)14(15)16;1-2/h5-7H,1-4H3,(H,13,14);2-5H,6-9H2,1H3;1-2H. The van der Waals surface area contributed by atoms with Gasteiger partial charge in [-0.15, -0.1) is 24.6 Å². The van der Waals surface area contributed by atoms with Crippen LogP contribution in [0.25, 0.3) is 0 Å². The number of ether oxygens (including phenoxy) is 1. The first kappa shape index (κ1) is 28.8. The number of nitro groups is 1. The van der Waals surface area contributed by atoms with Crippen LogP contribution in [0, 0.1) is 29.9 Å². The monoisotopic (exact) mass is 487 g/mol. The van der Waals surface area contributed by atoms with E-state index in [4.69, 9.17) is 9.84 Å². The van der Waals surface area contributed by atoms with Crippen molar-refractivity contribution in [3.8, 4) is 18.6 Å². The summed E-state index contributed by atoms with van der Waals surface area (Å²) in [5.41, 5.74) is 0.962. The van der Waals surface area contributed by atoms with Gasteiger partial charge in [-0.3, -0.25) is 10.1 Å². The van der Waals surface area contributed by atoms with Crippen LogP contribution >= 0.6 is 11.8 Å². The minimum atomic E-state index is -1.20. The van der Waals surface area contributed by atoms with E-state index in [-0.39, 0.29) is 10.6 Å². The molecule has 0 radical (unpaired) electrons. The Kier molecular flexibility index (Phi) is 11.4. The van der Waals surface area contributed by atoms with Gasteiger partial charge in [-0.1, -0.05) is 0 Å². The number of aryl methyl sites for hydroxylation is 1. The van der Waals surface area contributed by atoms with Crippen molar-refractivity contribution < 1.29 is 19.6 Å². The summed E-state index contributed by atoms with van der Waals surface area (Å²) in [6.45, 7) is 9.03. The number of likely N-dealkylation sites (N-methyl/N-ethyl adjacent to an activating group) is 1. The number of nitrogens with zero attached hydrogens (tertiary/aromatic N) is 3. The molecule has 0 aliphatic carbocycles. The molecule has 0 amide bonds. The number of carbonyl (C=O) groups is 1. The number of hydrogen-bond donors (Lipinski definition) is 1. The van der Waals surface area contributed by atoms with E-state index in [0.29, 0.717) is 5.75 Å². The fourth-order valence-electron chi connectivity index (χ4n) is 3.03. The van der Waals surface area contributed by atoms with Gasteiger partial charge in [0.2, 0.25) is 0 Å². The maximum Gasteiger partial charge on any atom is 0.347 e. The lowest BCUT2D eigenvalue weighted by Gasteiger charge is -2.33. The SMILES string of the molecule is C#C.CN1CCN(c2ccc([N+](=O)[O-])cc2)CC1.CSc1ccc(OC(C)(C)C(=O)O)c(C)c1. The summed E-state index contributed by atoms with van der Waals surface area (Å²) >= 11 is 1.64. The fraction of sp³-hybridized carbons (Fsp3) is 0.400. The fourth-order valence-corrected chi connectivity index (χ4v) is 3.53. The van der Waals surface area contributed by atoms with E-state index in [9.17, 15) is 14.9 Å². The average molecular weight is 488 g/mol. The third-order valence-electron chi connectivity index (χ3n) is 5.19. The Labute approximate surface area is 206 Å². The quantitative estimate of drug-likeness (QED) is 0.274. The highest BCUT2D eigenvalue weighted by molar-refractivity contribution is 7.98. The Balaban J connectivity index is 0.000000317. The van der Waals surface area contributed by atoms with Crippen LogP contribution in [-0.2, 0) is 4.79 Å². The van der Waals surface area contributed by atoms with E-state index >= 15 is 0 Å². The van der Waals surface area contributed by atoms with Crippen molar-refractivity contribution in [1.82, 2.24) is 4.90 Å². The van der Waals surface area contributed by atoms with Gasteiger partial charge in [-0.05, 0) is 70.0 Å². The summed E-state index contributed by atoms with van der Waals surface area (Å²) in [7, 11) is 2.10. The first-order chi connectivity index (χ1) is 16.0. The molecule has 0 atom stereocenters. The number of aliphatic carboxylic acids is 1. The maximum absolute atomic E-state index is 10.9. The van der Waals surface area contributed by atoms with E-state index in [1.807, 2.05) is 43.5 Å². The number of carboxylic acid groups (broad SMARTS) is 1. The van der Waals surface area contributed by atoms with Crippen molar-refractivity contribution in [2.24, 2.45) is 0 Å². The zero-order valence-electron chi connectivity index (χ0n) is 20.4. The third kappa shape index (κ3) is 8.61. The molecule has 0 bridgehead atoms. The number of non-ortho nitro benzene ring substituents is 1. The summed E-state index contributed by atoms with van der Waals surface area (Å²) < 4.78 is 5.48. The summed E-state index contributed by atoms with van der Waals surface area (Å²) in [5, 5.41) is 19.5. The first-order valence-electron chi connectivity index (χ1n) is 10.6. The number of rotatable bonds is 6. The predicted octanol–water partition coefficient (Wildman–Crippen LogP) is 4.55. The van der Waals surface area contributed by atoms with Crippen LogP contribution in [0.5, 0.6) is 5.75 Å². The maximum atomic E-state index is 10.9. The topological polar surface area (TPSA) is 96.2 Å². The van der Waals surface area contributed by atoms with Crippen LogP contribution in [0.4, 0.5) is 11.4 Å². The number of benzene rings is 2. The average Bonchev–Trinajstić information content (AvgIpc) is 2.82. The second kappa shape index (κ2) is 13.5. The third-order valence-corrected chi connectivity index (χ3v) is 5.92. The zero-order chi connectivity index (χ0) is 25.9. The Morgan fingerprint density at radius 3 is 2.12 bits per heavy atom. The van der Waals surface area contributed by atoms with Crippen LogP contribution in [-0.4, -0.2) is 66.0 Å². The molecule has 8 nitrogen and oxygen atoms in total. The largest absolute Gasteiger partial charge is 0.478 e. The van der Waals surface area contributed by atoms with E-state index in [0.717, 1.165) is 42.3 Å². The minimum absolute atomic E-state index is 0.151. The molecule has 1 aliphatic rings. The van der Waals surface area contributed by atoms with Gasteiger partial charge in [0.1, 0.15) is 5.75 Å². The molecule has 2 aromatic rings. The number of carboxylic acids is 1. The Morgan fingerprint density at radius 1 is 1.12 bits per heavy atom. The van der Waals surface area contributed by atoms with E-state index in [1.165, 1.54) is 13.8 Å². The van der Waals surface area contributed by atoms with Crippen molar-refractivity contribution in [2.45, 2.75) is 31.3 Å². The molecule has 0 spiro atoms. The van der Waals surface area contributed by atoms with E-state index < -0.39 is 11.6 Å². The highest BCUT2D eigenvalue weighted by Gasteiger charge is 2.29. The van der Waals surface area contributed by atoms with E-state index in [1.54, 1.807) is 23.9 Å². The number of thioether (sulfide) groups is 1. The lowest BCUT2D eigenvalue weighted by Crippen LogP contribution is -2.44. The summed E-state index contributed by atoms with van der Waals surface area (Å²) in [6.07, 6.45) is 10.00. The van der Waals surface area contributed by atoms with Gasteiger partial charge in [0.15, 0.2) is 5.60 Å². The lowest BCUT2D eigenvalue weighted by molar-refractivity contribution is -0.384. The van der Waals surface area contributed by atoms with Gasteiger partial charge in [0.25, 0.3) is 5.69 Å². The van der Waals surface area contributed by atoms with Crippen molar-refractivity contribution in [2.75, 3.05) is 44.4 Å². The molecule has 1 fully saturated rings. The summed E-state index contributed by atoms with van der Waals surface area (Å²) in [4.78, 5) is 26.8. The Bertz CT molecular complexity index is 968. The van der Waals surface area contributed by atoms with Crippen LogP contribution in [0.3, 0.4) is 0 Å². The van der Waals surface area contributed by atoms with Crippen molar-refractivity contribution in [3.05, 3.63) is 58.1 Å². The molecular weight excluding hydrogens is 454 g/mol. The molecule has 2 aromatic carbocycles. The first-order valence-corrected chi connectivity index (χ1v) is 11.8. The number of nitro benzene ring substituents is 1. The molecule has 0 aromatic heterocycles. The molecule has 1 saturated heterocycles. The zero-order valence-corrected chi connectivity index (χ0v) is 21.2. The number of hydrogen-bond acceptors (Lipinski definition) is 7. The number of terminal acetylenes is 1. The molecule has 3 rings (SSSR count). The molecule has 184 valence electrons. The van der Waals surface area contributed by atoms with Crippen LogP contribution in [0.1, 0.15) is 19.4 Å². The molecule has 9 heteroatoms. The smallest absolute Gasteiger partial charge is 0.347 e. The molecule has 0 unspecified atom stereocenters. The van der Waals surface area contributed by atoms with Gasteiger partial charge in [0, 0.05) is 48.9 Å². The molecule has 1 heterocycles. The molecule has 0 saturated carbocycles. The second-order valence-corrected chi connectivity index (χ2v) is 8.99. The van der Waals surface area contributed by atoms with Gasteiger partial charge < -0.3 is 19.6 Å². The highest BCUT2D eigenvalue weighted by atomic mass is 32.2. The predicted molar refractivity (Wildman–Crippen MR) is 138 cm³/mol. The Hall–Kier alpha value is -3.22. The minimum Gasteiger partial charge on any atom is -0.478 e. The Morgan fingerprint density at radius 2 is 1.68 bits per heavy atom. The van der Waals surface area contributed by atoms with Crippen LogP contribution in [0.15, 0.2) is 47.4 Å². The van der Waals surface area contributed by atoms with Crippen molar-refractivity contribution in [1.29, 1.82) is 0 Å². The number of piperazine rings is 1. The summed E-state index contributed by atoms with van der Waals surface area (Å²) in [6, 6.07) is 12.5. The summed E-state index contributed by atoms with van der Waals surface area (Å²) in [5.74, 6) is -0.356. The van der Waals surface area contributed by atoms with E-state index in [2.05, 4.69) is 29.7 Å². The van der Waals surface area contributed by atoms with Gasteiger partial charge in [-0.2, -0.15) is 0 Å². The number of anilines is 1. The van der Waals surface area contributed by atoms with Crippen LogP contribution in [0.2, 0.25) is 0 Å². The van der Waals surface area contributed by atoms with Gasteiger partial charge >= 0.3 is 5.97 Å². The molecule has 1 N–H and O–H groups in total. The molecular formula is C25H33N3O5S. The van der Waals surface area contributed by atoms with Gasteiger partial charge in [0.05, 0.1) is 4.92 Å². The highest BCUT2D eigenvalue weighted by Crippen LogP contribution is 2.27. The van der Waals surface area contributed by atoms with Crippen molar-refractivity contribution >= 4 is 29.1 Å². The van der Waals surface area contributed by atoms with Crippen molar-refractivity contribution in [3.63, 3.8) is 0 Å². The molecule has 1 aliphatic heterocycles. The normalized spacial score (nSPS) is 13.6. The second-order valence-electron chi connectivity index (χ2n) is 8.11. The molecule has 34 heavy (non-hydrogen) atoms.